The van der Waals surface area contributed by atoms with Crippen LogP contribution in [0.5, 0.6) is 5.75 Å². The Kier molecular flexibility index (Phi) is 3.37. The molecule has 2 aliphatic rings. The maximum Gasteiger partial charge on any atom is 0.122 e. The van der Waals surface area contributed by atoms with Crippen LogP contribution in [0.25, 0.3) is 0 Å². The van der Waals surface area contributed by atoms with E-state index in [1.165, 1.54) is 30.4 Å². The molecule has 2 heteroatoms. The quantitative estimate of drug-likeness (QED) is 0.808. The Bertz CT molecular complexity index is 452. The largest absolute Gasteiger partial charge is 0.493 e. The van der Waals surface area contributed by atoms with Crippen LogP contribution in [-0.4, -0.2) is 12.6 Å². The first-order valence-electron chi connectivity index (χ1n) is 7.00. The van der Waals surface area contributed by atoms with Gasteiger partial charge >= 0.3 is 0 Å². The van der Waals surface area contributed by atoms with Gasteiger partial charge in [0.05, 0.1) is 6.61 Å². The van der Waals surface area contributed by atoms with Crippen molar-refractivity contribution >= 4 is 0 Å². The summed E-state index contributed by atoms with van der Waals surface area (Å²) in [5.74, 6) is 1.60. The second-order valence-electron chi connectivity index (χ2n) is 5.48. The molecule has 1 aromatic rings. The highest BCUT2D eigenvalue weighted by atomic mass is 16.5. The smallest absolute Gasteiger partial charge is 0.122 e. The van der Waals surface area contributed by atoms with Gasteiger partial charge in [-0.2, -0.15) is 0 Å². The number of para-hydroxylation sites is 1. The summed E-state index contributed by atoms with van der Waals surface area (Å²) in [7, 11) is 0. The van der Waals surface area contributed by atoms with Gasteiger partial charge in [-0.25, -0.2) is 0 Å². The van der Waals surface area contributed by atoms with Crippen molar-refractivity contribution in [1.82, 2.24) is 0 Å². The van der Waals surface area contributed by atoms with Gasteiger partial charge in [-0.15, -0.1) is 0 Å². The summed E-state index contributed by atoms with van der Waals surface area (Å²) in [6.07, 6.45) is 8.32. The summed E-state index contributed by atoms with van der Waals surface area (Å²) in [6.45, 7) is 0.825. The van der Waals surface area contributed by atoms with E-state index in [4.69, 9.17) is 10.5 Å². The highest BCUT2D eigenvalue weighted by molar-refractivity contribution is 5.40. The van der Waals surface area contributed by atoms with Crippen LogP contribution < -0.4 is 10.5 Å². The predicted molar refractivity (Wildman–Crippen MR) is 73.8 cm³/mol. The molecule has 0 saturated heterocycles. The normalized spacial score (nSPS) is 27.1. The molecule has 96 valence electrons. The minimum absolute atomic E-state index is 0.264. The summed E-state index contributed by atoms with van der Waals surface area (Å²) in [5, 5.41) is 0. The molecule has 0 spiro atoms. The Balaban J connectivity index is 1.74. The molecule has 0 bridgehead atoms. The molecule has 1 heterocycles. The van der Waals surface area contributed by atoms with Crippen molar-refractivity contribution in [3.63, 3.8) is 0 Å². The molecule has 2 N–H and O–H groups in total. The first-order valence-corrected chi connectivity index (χ1v) is 7.00. The molecule has 0 amide bonds. The van der Waals surface area contributed by atoms with Crippen LogP contribution in [0.2, 0.25) is 0 Å². The molecule has 3 rings (SSSR count). The van der Waals surface area contributed by atoms with Gasteiger partial charge < -0.3 is 10.5 Å². The van der Waals surface area contributed by atoms with Crippen molar-refractivity contribution in [3.8, 4) is 5.75 Å². The first kappa shape index (κ1) is 11.8. The van der Waals surface area contributed by atoms with Gasteiger partial charge in [0.1, 0.15) is 5.75 Å². The van der Waals surface area contributed by atoms with E-state index in [2.05, 4.69) is 24.3 Å². The number of ether oxygens (including phenoxy) is 1. The number of hydrogen-bond donors (Lipinski definition) is 1. The highest BCUT2D eigenvalue weighted by Crippen LogP contribution is 2.38. The van der Waals surface area contributed by atoms with E-state index in [1.807, 2.05) is 6.07 Å². The van der Waals surface area contributed by atoms with E-state index in [0.717, 1.165) is 25.2 Å². The van der Waals surface area contributed by atoms with E-state index in [9.17, 15) is 0 Å². The Morgan fingerprint density at radius 3 is 3.06 bits per heavy atom. The molecule has 0 aromatic heterocycles. The first-order chi connectivity index (χ1) is 8.83. The molecule has 18 heavy (non-hydrogen) atoms. The van der Waals surface area contributed by atoms with Crippen molar-refractivity contribution < 1.29 is 4.74 Å². The van der Waals surface area contributed by atoms with E-state index in [0.29, 0.717) is 5.92 Å². The number of nitrogens with two attached hydrogens (primary N) is 1. The maximum absolute atomic E-state index is 6.09. The summed E-state index contributed by atoms with van der Waals surface area (Å²) < 4.78 is 5.75. The van der Waals surface area contributed by atoms with Crippen LogP contribution >= 0.6 is 0 Å². The Morgan fingerprint density at radius 2 is 2.11 bits per heavy atom. The zero-order valence-electron chi connectivity index (χ0n) is 10.8. The molecule has 2 unspecified atom stereocenters. The SMILES string of the molecule is NC1C=C(CC2COc3ccccc32)CCCC1. The Hall–Kier alpha value is -1.28. The lowest BCUT2D eigenvalue weighted by Crippen LogP contribution is -2.16. The van der Waals surface area contributed by atoms with E-state index >= 15 is 0 Å². The van der Waals surface area contributed by atoms with Crippen LogP contribution in [0.15, 0.2) is 35.9 Å². The van der Waals surface area contributed by atoms with Crippen LogP contribution in [0, 0.1) is 0 Å². The Morgan fingerprint density at radius 1 is 1.22 bits per heavy atom. The van der Waals surface area contributed by atoms with Crippen LogP contribution in [-0.2, 0) is 0 Å². The fraction of sp³-hybridized carbons (Fsp3) is 0.500. The van der Waals surface area contributed by atoms with Crippen LogP contribution in [0.1, 0.15) is 43.6 Å². The van der Waals surface area contributed by atoms with Crippen molar-refractivity contribution in [2.24, 2.45) is 5.73 Å². The van der Waals surface area contributed by atoms with Gasteiger partial charge in [0.2, 0.25) is 0 Å². The summed E-state index contributed by atoms with van der Waals surface area (Å²) in [5.41, 5.74) is 8.99. The Labute approximate surface area is 109 Å². The molecule has 0 radical (unpaired) electrons. The molecular formula is C16H21NO. The number of fused-ring (bicyclic) bond motifs is 1. The fourth-order valence-corrected chi connectivity index (χ4v) is 3.09. The molecule has 1 aliphatic heterocycles. The summed E-state index contributed by atoms with van der Waals surface area (Å²) in [4.78, 5) is 0. The summed E-state index contributed by atoms with van der Waals surface area (Å²) >= 11 is 0. The summed E-state index contributed by atoms with van der Waals surface area (Å²) in [6, 6.07) is 8.68. The number of rotatable bonds is 2. The molecule has 1 aliphatic carbocycles. The second kappa shape index (κ2) is 5.15. The zero-order chi connectivity index (χ0) is 12.4. The number of hydrogen-bond acceptors (Lipinski definition) is 2. The molecule has 0 fully saturated rings. The monoisotopic (exact) mass is 243 g/mol. The molecule has 1 aromatic carbocycles. The third-order valence-electron chi connectivity index (χ3n) is 4.04. The third kappa shape index (κ3) is 2.44. The standard InChI is InChI=1S/C16H21NO/c17-14-6-2-1-5-12(10-14)9-13-11-18-16-8-4-3-7-15(13)16/h3-4,7-8,10,13-14H,1-2,5-6,9,11,17H2. The van der Waals surface area contributed by atoms with Gasteiger partial charge in [0, 0.05) is 17.5 Å². The van der Waals surface area contributed by atoms with E-state index < -0.39 is 0 Å². The molecule has 0 saturated carbocycles. The van der Waals surface area contributed by atoms with Gasteiger partial charge in [0.25, 0.3) is 0 Å². The van der Waals surface area contributed by atoms with Crippen molar-refractivity contribution in [2.75, 3.05) is 6.61 Å². The number of benzene rings is 1. The van der Waals surface area contributed by atoms with E-state index in [1.54, 1.807) is 0 Å². The van der Waals surface area contributed by atoms with Crippen LogP contribution in [0.4, 0.5) is 0 Å². The third-order valence-corrected chi connectivity index (χ3v) is 4.04. The van der Waals surface area contributed by atoms with Crippen molar-refractivity contribution in [3.05, 3.63) is 41.5 Å². The van der Waals surface area contributed by atoms with Gasteiger partial charge in [-0.1, -0.05) is 36.3 Å². The molecule has 2 nitrogen and oxygen atoms in total. The molecule has 2 atom stereocenters. The fourth-order valence-electron chi connectivity index (χ4n) is 3.09. The lowest BCUT2D eigenvalue weighted by molar-refractivity contribution is 0.329. The number of allylic oxidation sites excluding steroid dienone is 1. The second-order valence-corrected chi connectivity index (χ2v) is 5.48. The average molecular weight is 243 g/mol. The molecular weight excluding hydrogens is 222 g/mol. The van der Waals surface area contributed by atoms with Crippen molar-refractivity contribution in [1.29, 1.82) is 0 Å². The van der Waals surface area contributed by atoms with Gasteiger partial charge in [-0.05, 0) is 31.7 Å². The lowest BCUT2D eigenvalue weighted by Gasteiger charge is -2.12. The maximum atomic E-state index is 6.09. The van der Waals surface area contributed by atoms with Gasteiger partial charge in [-0.3, -0.25) is 0 Å². The van der Waals surface area contributed by atoms with E-state index in [-0.39, 0.29) is 6.04 Å². The minimum Gasteiger partial charge on any atom is -0.493 e. The highest BCUT2D eigenvalue weighted by Gasteiger charge is 2.24. The topological polar surface area (TPSA) is 35.2 Å². The average Bonchev–Trinajstić information content (AvgIpc) is 2.66. The van der Waals surface area contributed by atoms with Crippen LogP contribution in [0.3, 0.4) is 0 Å². The lowest BCUT2D eigenvalue weighted by atomic mass is 9.91. The predicted octanol–water partition coefficient (Wildman–Crippen LogP) is 3.38. The zero-order valence-corrected chi connectivity index (χ0v) is 10.8. The van der Waals surface area contributed by atoms with Gasteiger partial charge in [0.15, 0.2) is 0 Å². The minimum atomic E-state index is 0.264. The van der Waals surface area contributed by atoms with Crippen molar-refractivity contribution in [2.45, 2.75) is 44.1 Å².